The molecule has 3 aromatic carbocycles. The van der Waals surface area contributed by atoms with Crippen LogP contribution in [0, 0.1) is 0 Å². The first-order chi connectivity index (χ1) is 17.2. The molecule has 5 aromatic rings. The van der Waals surface area contributed by atoms with Gasteiger partial charge < -0.3 is 13.9 Å². The van der Waals surface area contributed by atoms with Crippen LogP contribution >= 0.6 is 0 Å². The predicted molar refractivity (Wildman–Crippen MR) is 138 cm³/mol. The van der Waals surface area contributed by atoms with E-state index in [9.17, 15) is 23.1 Å². The van der Waals surface area contributed by atoms with Crippen molar-refractivity contribution in [3.63, 3.8) is 0 Å². The van der Waals surface area contributed by atoms with Crippen LogP contribution < -0.4 is 9.74 Å². The van der Waals surface area contributed by atoms with Crippen molar-refractivity contribution in [2.24, 2.45) is 0 Å². The predicted octanol–water partition coefficient (Wildman–Crippen LogP) is 4.09. The monoisotopic (exact) mass is 502 g/mol. The van der Waals surface area contributed by atoms with Gasteiger partial charge in [-0.15, -0.1) is 0 Å². The van der Waals surface area contributed by atoms with Crippen LogP contribution in [0.15, 0.2) is 89.7 Å². The smallest absolute Gasteiger partial charge is 0.323 e. The number of fused-ring (bicyclic) bond motifs is 3. The van der Waals surface area contributed by atoms with Crippen LogP contribution in [0.1, 0.15) is 5.56 Å². The van der Waals surface area contributed by atoms with E-state index in [0.717, 1.165) is 11.8 Å². The van der Waals surface area contributed by atoms with Crippen molar-refractivity contribution < 1.29 is 22.5 Å². The fourth-order valence-electron chi connectivity index (χ4n) is 4.53. The second-order valence-corrected chi connectivity index (χ2v) is 10.0. The third kappa shape index (κ3) is 4.36. The van der Waals surface area contributed by atoms with Crippen LogP contribution in [-0.2, 0) is 28.0 Å². The largest absolute Gasteiger partial charge is 0.480 e. The number of carboxylic acid groups (broad SMARTS) is 1. The van der Waals surface area contributed by atoms with Crippen molar-refractivity contribution >= 4 is 37.9 Å². The molecule has 2 heterocycles. The van der Waals surface area contributed by atoms with Gasteiger partial charge in [0.25, 0.3) is 5.56 Å². The number of para-hydroxylation sites is 1. The van der Waals surface area contributed by atoms with Gasteiger partial charge in [0.2, 0.25) is 0 Å². The third-order valence-corrected chi connectivity index (χ3v) is 6.37. The lowest BCUT2D eigenvalue weighted by Gasteiger charge is -2.14. The molecule has 0 atom stereocenters. The minimum Gasteiger partial charge on any atom is -0.480 e. The van der Waals surface area contributed by atoms with Gasteiger partial charge in [-0.1, -0.05) is 72.8 Å². The number of rotatable bonds is 7. The number of carboxylic acids is 1. The highest BCUT2D eigenvalue weighted by atomic mass is 32.2. The second kappa shape index (κ2) is 9.01. The Kier molecular flexibility index (Phi) is 5.85. The summed E-state index contributed by atoms with van der Waals surface area (Å²) < 4.78 is 32.4. The van der Waals surface area contributed by atoms with E-state index in [-0.39, 0.29) is 17.8 Å². The van der Waals surface area contributed by atoms with E-state index in [1.807, 2.05) is 48.5 Å². The molecule has 0 amide bonds. The highest BCUT2D eigenvalue weighted by molar-refractivity contribution is 7.86. The lowest BCUT2D eigenvalue weighted by molar-refractivity contribution is -0.137. The summed E-state index contributed by atoms with van der Waals surface area (Å²) >= 11 is 0. The molecule has 182 valence electrons. The Labute approximate surface area is 206 Å². The van der Waals surface area contributed by atoms with E-state index in [4.69, 9.17) is 4.18 Å². The molecule has 8 nitrogen and oxygen atoms in total. The summed E-state index contributed by atoms with van der Waals surface area (Å²) in [7, 11) is -3.86. The van der Waals surface area contributed by atoms with E-state index < -0.39 is 28.2 Å². The van der Waals surface area contributed by atoms with Gasteiger partial charge in [0.15, 0.2) is 5.75 Å². The van der Waals surface area contributed by atoms with Gasteiger partial charge in [-0.3, -0.25) is 14.2 Å². The van der Waals surface area contributed by atoms with Crippen molar-refractivity contribution in [2.45, 2.75) is 13.1 Å². The summed E-state index contributed by atoms with van der Waals surface area (Å²) in [5.41, 5.74) is 2.22. The molecule has 0 aliphatic rings. The number of aromatic nitrogens is 2. The zero-order chi connectivity index (χ0) is 25.4. The molecule has 0 saturated heterocycles. The molecular formula is C27H22N2O6S. The van der Waals surface area contributed by atoms with E-state index >= 15 is 0 Å². The molecule has 2 aromatic heterocycles. The first-order valence-electron chi connectivity index (χ1n) is 11.1. The molecule has 1 N–H and O–H groups in total. The maximum absolute atomic E-state index is 14.0. The quantitative estimate of drug-likeness (QED) is 0.336. The van der Waals surface area contributed by atoms with E-state index in [1.165, 1.54) is 10.6 Å². The number of hydrogen-bond donors (Lipinski definition) is 1. The Morgan fingerprint density at radius 3 is 2.17 bits per heavy atom. The summed E-state index contributed by atoms with van der Waals surface area (Å²) in [6.07, 6.45) is 0.962. The van der Waals surface area contributed by atoms with Crippen molar-refractivity contribution in [3.05, 3.63) is 101 Å². The summed E-state index contributed by atoms with van der Waals surface area (Å²) in [6.45, 7) is -0.281. The molecule has 0 unspecified atom stereocenters. The average Bonchev–Trinajstić information content (AvgIpc) is 3.15. The van der Waals surface area contributed by atoms with Crippen LogP contribution in [0.25, 0.3) is 33.1 Å². The van der Waals surface area contributed by atoms with Crippen molar-refractivity contribution in [1.82, 2.24) is 9.13 Å². The Morgan fingerprint density at radius 2 is 1.53 bits per heavy atom. The molecule has 0 aliphatic carbocycles. The fraction of sp³-hybridized carbons (Fsp3) is 0.111. The Balaban J connectivity index is 1.93. The zero-order valence-corrected chi connectivity index (χ0v) is 20.1. The van der Waals surface area contributed by atoms with Gasteiger partial charge >= 0.3 is 16.1 Å². The number of hydrogen-bond acceptors (Lipinski definition) is 5. The van der Waals surface area contributed by atoms with Gasteiger partial charge in [0.1, 0.15) is 12.1 Å². The Bertz CT molecular complexity index is 1770. The highest BCUT2D eigenvalue weighted by Crippen LogP contribution is 2.36. The van der Waals surface area contributed by atoms with Crippen LogP contribution in [0.4, 0.5) is 0 Å². The maximum atomic E-state index is 14.0. The number of benzene rings is 3. The van der Waals surface area contributed by atoms with Gasteiger partial charge in [0.05, 0.1) is 17.5 Å². The normalized spacial score (nSPS) is 11.7. The van der Waals surface area contributed by atoms with Crippen LogP contribution in [0.2, 0.25) is 0 Å². The van der Waals surface area contributed by atoms with Gasteiger partial charge in [-0.05, 0) is 23.3 Å². The summed E-state index contributed by atoms with van der Waals surface area (Å²) in [5.74, 6) is -1.06. The highest BCUT2D eigenvalue weighted by Gasteiger charge is 2.23. The Morgan fingerprint density at radius 1 is 0.861 bits per heavy atom. The van der Waals surface area contributed by atoms with Crippen molar-refractivity contribution in [1.29, 1.82) is 0 Å². The number of aliphatic carboxylic acids is 1. The fourth-order valence-corrected chi connectivity index (χ4v) is 4.99. The minimum atomic E-state index is -3.86. The van der Waals surface area contributed by atoms with Gasteiger partial charge in [-0.25, -0.2) is 0 Å². The number of carbonyl (C=O) groups is 1. The lowest BCUT2D eigenvalue weighted by atomic mass is 10.1. The number of pyridine rings is 1. The standard InChI is InChI=1S/C27H22N2O6S/c1-36(33,34)35-23-14-8-13-20-21-15-22(19-11-6-3-7-12-19)28(17-24(30)31)27(32)26(21)29(25(20)23)16-18-9-4-2-5-10-18/h2-15H,16-17H2,1H3,(H,30,31). The first-order valence-corrected chi connectivity index (χ1v) is 12.9. The molecule has 5 rings (SSSR count). The lowest BCUT2D eigenvalue weighted by Crippen LogP contribution is -2.27. The average molecular weight is 503 g/mol. The first kappa shape index (κ1) is 23.4. The Hall–Kier alpha value is -4.37. The summed E-state index contributed by atoms with van der Waals surface area (Å²) in [6, 6.07) is 25.3. The van der Waals surface area contributed by atoms with Gasteiger partial charge in [-0.2, -0.15) is 8.42 Å². The van der Waals surface area contributed by atoms with Crippen molar-refractivity contribution in [3.8, 4) is 17.0 Å². The summed E-state index contributed by atoms with van der Waals surface area (Å²) in [4.78, 5) is 25.7. The second-order valence-electron chi connectivity index (χ2n) is 8.45. The molecule has 9 heteroatoms. The third-order valence-electron chi connectivity index (χ3n) is 5.89. The van der Waals surface area contributed by atoms with Crippen LogP contribution in [0.3, 0.4) is 0 Å². The van der Waals surface area contributed by atoms with E-state index in [1.54, 1.807) is 34.9 Å². The molecule has 0 fully saturated rings. The summed E-state index contributed by atoms with van der Waals surface area (Å²) in [5, 5.41) is 10.8. The zero-order valence-electron chi connectivity index (χ0n) is 19.3. The van der Waals surface area contributed by atoms with Gasteiger partial charge in [0, 0.05) is 17.3 Å². The molecule has 0 aliphatic heterocycles. The SMILES string of the molecule is CS(=O)(=O)Oc1cccc2c3cc(-c4ccccc4)n(CC(=O)O)c(=O)c3n(Cc3ccccc3)c12. The van der Waals surface area contributed by atoms with E-state index in [2.05, 4.69) is 0 Å². The van der Waals surface area contributed by atoms with Crippen molar-refractivity contribution in [2.75, 3.05) is 6.26 Å². The van der Waals surface area contributed by atoms with E-state index in [0.29, 0.717) is 27.5 Å². The molecule has 0 saturated carbocycles. The molecule has 0 spiro atoms. The maximum Gasteiger partial charge on any atom is 0.323 e. The molecular weight excluding hydrogens is 480 g/mol. The van der Waals surface area contributed by atoms with Crippen LogP contribution in [0.5, 0.6) is 5.75 Å². The minimum absolute atomic E-state index is 0.0903. The molecule has 36 heavy (non-hydrogen) atoms. The molecule has 0 bridgehead atoms. The topological polar surface area (TPSA) is 108 Å². The molecule has 0 radical (unpaired) electrons. The number of nitrogens with zero attached hydrogens (tertiary/aromatic N) is 2. The van der Waals surface area contributed by atoms with Crippen LogP contribution in [-0.4, -0.2) is 34.9 Å².